The van der Waals surface area contributed by atoms with Gasteiger partial charge < -0.3 is 0 Å². The van der Waals surface area contributed by atoms with Gasteiger partial charge in [-0.25, -0.2) is 9.37 Å². The fourth-order valence-corrected chi connectivity index (χ4v) is 1.06. The van der Waals surface area contributed by atoms with Crippen molar-refractivity contribution >= 4 is 0 Å². The molecule has 1 radical (unpaired) electrons. The lowest BCUT2D eigenvalue weighted by Crippen LogP contribution is -1.80. The zero-order valence-corrected chi connectivity index (χ0v) is 7.87. The van der Waals surface area contributed by atoms with E-state index in [0.29, 0.717) is 5.69 Å². The second-order valence-corrected chi connectivity index (χ2v) is 2.89. The van der Waals surface area contributed by atoms with Crippen LogP contribution in [-0.2, 0) is 0 Å². The van der Waals surface area contributed by atoms with Gasteiger partial charge in [0.1, 0.15) is 11.5 Å². The van der Waals surface area contributed by atoms with Gasteiger partial charge in [0, 0.05) is 17.8 Å². The molecule has 2 rings (SSSR count). The second-order valence-electron chi connectivity index (χ2n) is 2.89. The maximum absolute atomic E-state index is 12.5. The lowest BCUT2D eigenvalue weighted by Gasteiger charge is -1.89. The van der Waals surface area contributed by atoms with E-state index < -0.39 is 0 Å². The van der Waals surface area contributed by atoms with Crippen molar-refractivity contribution in [2.24, 2.45) is 0 Å². The number of hydrogen-bond donors (Lipinski definition) is 0. The van der Waals surface area contributed by atoms with Gasteiger partial charge in [0.05, 0.1) is 0 Å². The van der Waals surface area contributed by atoms with Crippen LogP contribution in [0.4, 0.5) is 4.39 Å². The van der Waals surface area contributed by atoms with Crippen LogP contribution in [0.3, 0.4) is 0 Å². The van der Waals surface area contributed by atoms with E-state index in [4.69, 9.17) is 0 Å². The topological polar surface area (TPSA) is 12.9 Å². The van der Waals surface area contributed by atoms with Crippen LogP contribution in [-0.4, -0.2) is 4.98 Å². The summed E-state index contributed by atoms with van der Waals surface area (Å²) in [6, 6.07) is 12.4. The molecule has 0 saturated carbocycles. The molecule has 0 N–H and O–H groups in total. The fourth-order valence-electron chi connectivity index (χ4n) is 1.06. The normalized spacial score (nSPS) is 9.13. The third-order valence-corrected chi connectivity index (χ3v) is 1.77. The van der Waals surface area contributed by atoms with Crippen LogP contribution < -0.4 is 0 Å². The molecule has 2 aromatic rings. The predicted molar refractivity (Wildman–Crippen MR) is 55.5 cm³/mol. The number of benzene rings is 1. The first-order valence-electron chi connectivity index (χ1n) is 4.45. The zero-order valence-electron chi connectivity index (χ0n) is 7.87. The first kappa shape index (κ1) is 9.42. The summed E-state index contributed by atoms with van der Waals surface area (Å²) in [5.74, 6) is 5.38. The van der Waals surface area contributed by atoms with Gasteiger partial charge in [-0.3, -0.25) is 0 Å². The minimum Gasteiger partial charge on any atom is -0.248 e. The SMILES string of the molecule is Fc1[c]cc(C#Cc2ccccn2)cc1. The van der Waals surface area contributed by atoms with E-state index in [9.17, 15) is 4.39 Å². The standard InChI is InChI=1S/C13H7FN/c14-12-7-4-11(5-8-12)6-9-13-3-1-2-10-15-13/h1-5,7,10H. The van der Waals surface area contributed by atoms with Gasteiger partial charge in [-0.2, -0.15) is 0 Å². The summed E-state index contributed by atoms with van der Waals surface area (Å²) < 4.78 is 12.5. The first-order valence-corrected chi connectivity index (χ1v) is 4.45. The van der Waals surface area contributed by atoms with Gasteiger partial charge in [0.2, 0.25) is 0 Å². The molecule has 0 aliphatic heterocycles. The Bertz CT molecular complexity index is 492. The highest BCUT2D eigenvalue weighted by atomic mass is 19.1. The summed E-state index contributed by atoms with van der Waals surface area (Å²) in [6.07, 6.45) is 1.68. The molecule has 2 heteroatoms. The van der Waals surface area contributed by atoms with E-state index >= 15 is 0 Å². The summed E-state index contributed by atoms with van der Waals surface area (Å²) in [5, 5.41) is 0. The van der Waals surface area contributed by atoms with Crippen LogP contribution in [0, 0.1) is 23.7 Å². The molecule has 0 saturated heterocycles. The van der Waals surface area contributed by atoms with Crippen molar-refractivity contribution in [3.63, 3.8) is 0 Å². The van der Waals surface area contributed by atoms with Crippen molar-refractivity contribution in [2.75, 3.05) is 0 Å². The molecule has 1 aromatic carbocycles. The molecular formula is C13H7FN. The van der Waals surface area contributed by atoms with Crippen molar-refractivity contribution in [3.05, 3.63) is 65.7 Å². The molecule has 71 valence electrons. The Morgan fingerprint density at radius 2 is 2.07 bits per heavy atom. The Morgan fingerprint density at radius 3 is 2.73 bits per heavy atom. The molecule has 1 aromatic heterocycles. The monoisotopic (exact) mass is 196 g/mol. The highest BCUT2D eigenvalue weighted by molar-refractivity contribution is 5.39. The quantitative estimate of drug-likeness (QED) is 0.590. The molecule has 0 aliphatic rings. The number of hydrogen-bond acceptors (Lipinski definition) is 1. The van der Waals surface area contributed by atoms with Gasteiger partial charge >= 0.3 is 0 Å². The lowest BCUT2D eigenvalue weighted by molar-refractivity contribution is 0.625. The van der Waals surface area contributed by atoms with E-state index in [1.165, 1.54) is 12.1 Å². The van der Waals surface area contributed by atoms with E-state index in [0.717, 1.165) is 5.56 Å². The highest BCUT2D eigenvalue weighted by Gasteiger charge is 1.89. The minimum atomic E-state index is -0.376. The molecular weight excluding hydrogens is 189 g/mol. The van der Waals surface area contributed by atoms with Crippen molar-refractivity contribution in [2.45, 2.75) is 0 Å². The number of aromatic nitrogens is 1. The third kappa shape index (κ3) is 2.65. The number of pyridine rings is 1. The molecule has 1 heterocycles. The van der Waals surface area contributed by atoms with Crippen molar-refractivity contribution in [1.82, 2.24) is 4.98 Å². The average molecular weight is 196 g/mol. The molecule has 0 fully saturated rings. The predicted octanol–water partition coefficient (Wildman–Crippen LogP) is 2.42. The summed E-state index contributed by atoms with van der Waals surface area (Å²) >= 11 is 0. The minimum absolute atomic E-state index is 0.376. The van der Waals surface area contributed by atoms with Crippen molar-refractivity contribution < 1.29 is 4.39 Å². The van der Waals surface area contributed by atoms with Crippen molar-refractivity contribution in [1.29, 1.82) is 0 Å². The molecule has 1 nitrogen and oxygen atoms in total. The zero-order chi connectivity index (χ0) is 10.5. The number of nitrogens with zero attached hydrogens (tertiary/aromatic N) is 1. The molecule has 0 atom stereocenters. The third-order valence-electron chi connectivity index (χ3n) is 1.77. The van der Waals surface area contributed by atoms with Crippen LogP contribution in [0.15, 0.2) is 42.6 Å². The van der Waals surface area contributed by atoms with Crippen LogP contribution in [0.25, 0.3) is 0 Å². The van der Waals surface area contributed by atoms with Gasteiger partial charge in [-0.1, -0.05) is 12.0 Å². The van der Waals surface area contributed by atoms with E-state index in [1.807, 2.05) is 18.2 Å². The fraction of sp³-hybridized carbons (Fsp3) is 0. The van der Waals surface area contributed by atoms with Gasteiger partial charge in [0.15, 0.2) is 0 Å². The molecule has 0 spiro atoms. The highest BCUT2D eigenvalue weighted by Crippen LogP contribution is 2.00. The van der Waals surface area contributed by atoms with Gasteiger partial charge in [0.25, 0.3) is 0 Å². The molecule has 15 heavy (non-hydrogen) atoms. The van der Waals surface area contributed by atoms with E-state index in [2.05, 4.69) is 22.9 Å². The van der Waals surface area contributed by atoms with Crippen molar-refractivity contribution in [3.8, 4) is 11.8 Å². The van der Waals surface area contributed by atoms with Crippen LogP contribution in [0.5, 0.6) is 0 Å². The molecule has 0 amide bonds. The lowest BCUT2D eigenvalue weighted by atomic mass is 10.2. The van der Waals surface area contributed by atoms with E-state index in [1.54, 1.807) is 12.3 Å². The van der Waals surface area contributed by atoms with Crippen LogP contribution >= 0.6 is 0 Å². The van der Waals surface area contributed by atoms with Gasteiger partial charge in [-0.05, 0) is 36.3 Å². The smallest absolute Gasteiger partial charge is 0.131 e. The number of halogens is 1. The Hall–Kier alpha value is -2.14. The Kier molecular flexibility index (Phi) is 2.75. The maximum atomic E-state index is 12.5. The van der Waals surface area contributed by atoms with Crippen LogP contribution in [0.1, 0.15) is 11.3 Å². The van der Waals surface area contributed by atoms with Gasteiger partial charge in [-0.15, -0.1) is 0 Å². The summed E-state index contributed by atoms with van der Waals surface area (Å²) in [6.45, 7) is 0. The molecule has 0 bridgehead atoms. The maximum Gasteiger partial charge on any atom is 0.131 e. The Labute approximate surface area is 87.6 Å². The molecule has 0 unspecified atom stereocenters. The Balaban J connectivity index is 2.22. The largest absolute Gasteiger partial charge is 0.248 e. The average Bonchev–Trinajstić information content (AvgIpc) is 2.30. The summed E-state index contributed by atoms with van der Waals surface area (Å²) in [7, 11) is 0. The second kappa shape index (κ2) is 4.39. The number of rotatable bonds is 0. The summed E-state index contributed by atoms with van der Waals surface area (Å²) in [4.78, 5) is 4.05. The Morgan fingerprint density at radius 1 is 1.13 bits per heavy atom. The first-order chi connectivity index (χ1) is 7.34. The summed E-state index contributed by atoms with van der Waals surface area (Å²) in [5.41, 5.74) is 1.42. The van der Waals surface area contributed by atoms with E-state index in [-0.39, 0.29) is 5.82 Å². The van der Waals surface area contributed by atoms with Crippen LogP contribution in [0.2, 0.25) is 0 Å². The molecule has 0 aliphatic carbocycles.